The molecule has 0 N–H and O–H groups in total. The van der Waals surface area contributed by atoms with E-state index in [-0.39, 0.29) is 28.9 Å². The molecule has 2 heterocycles. The molecule has 31 heavy (non-hydrogen) atoms. The first-order valence-corrected chi connectivity index (χ1v) is 11.6. The van der Waals surface area contributed by atoms with Gasteiger partial charge in [-0.15, -0.1) is 0 Å². The lowest BCUT2D eigenvalue weighted by Crippen LogP contribution is -2.43. The first-order chi connectivity index (χ1) is 14.5. The number of hydrogen-bond acceptors (Lipinski definition) is 4. The van der Waals surface area contributed by atoms with Crippen molar-refractivity contribution in [2.75, 3.05) is 27.2 Å². The maximum atomic E-state index is 13.0. The summed E-state index contributed by atoms with van der Waals surface area (Å²) in [5, 5.41) is 0.541. The van der Waals surface area contributed by atoms with Gasteiger partial charge >= 0.3 is 6.09 Å². The third kappa shape index (κ3) is 5.58. The van der Waals surface area contributed by atoms with Crippen molar-refractivity contribution in [3.63, 3.8) is 0 Å². The van der Waals surface area contributed by atoms with Crippen molar-refractivity contribution in [1.29, 1.82) is 0 Å². The highest BCUT2D eigenvalue weighted by molar-refractivity contribution is 14.1. The van der Waals surface area contributed by atoms with E-state index in [0.717, 1.165) is 21.9 Å². The van der Waals surface area contributed by atoms with E-state index < -0.39 is 5.60 Å². The van der Waals surface area contributed by atoms with E-state index in [9.17, 15) is 14.4 Å². The van der Waals surface area contributed by atoms with Crippen molar-refractivity contribution >= 4 is 45.5 Å². The molecule has 8 heteroatoms. The number of benzene rings is 1. The van der Waals surface area contributed by atoms with Crippen molar-refractivity contribution in [1.82, 2.24) is 14.4 Å². The molecule has 2 amide bonds. The quantitative estimate of drug-likeness (QED) is 0.554. The number of likely N-dealkylation sites (tertiary alicyclic amines) is 1. The molecule has 0 saturated carbocycles. The monoisotopic (exact) mass is 539 g/mol. The molecule has 3 rings (SSSR count). The zero-order valence-corrected chi connectivity index (χ0v) is 20.9. The summed E-state index contributed by atoms with van der Waals surface area (Å²) in [6, 6.07) is 5.71. The lowest BCUT2D eigenvalue weighted by Gasteiger charge is -2.34. The Bertz CT molecular complexity index is 1060. The summed E-state index contributed by atoms with van der Waals surface area (Å²) in [6.45, 7) is 7.48. The number of hydrogen-bond donors (Lipinski definition) is 0. The lowest BCUT2D eigenvalue weighted by atomic mass is 9.97. The van der Waals surface area contributed by atoms with E-state index in [2.05, 4.69) is 22.6 Å². The van der Waals surface area contributed by atoms with Crippen LogP contribution >= 0.6 is 22.6 Å². The van der Waals surface area contributed by atoms with Gasteiger partial charge in [-0.05, 0) is 80.3 Å². The molecule has 0 radical (unpaired) electrons. The number of aromatic nitrogens is 1. The second kappa shape index (κ2) is 9.18. The van der Waals surface area contributed by atoms with Gasteiger partial charge in [-0.1, -0.05) is 0 Å². The smallest absolute Gasteiger partial charge is 0.410 e. The number of rotatable bonds is 3. The Balaban J connectivity index is 1.93. The number of halogens is 1. The first kappa shape index (κ1) is 23.6. The van der Waals surface area contributed by atoms with Crippen LogP contribution in [0.25, 0.3) is 10.9 Å². The number of amides is 2. The number of piperidine rings is 1. The van der Waals surface area contributed by atoms with Crippen LogP contribution in [-0.4, -0.2) is 59.2 Å². The van der Waals surface area contributed by atoms with Gasteiger partial charge in [0.05, 0.1) is 5.52 Å². The lowest BCUT2D eigenvalue weighted by molar-refractivity contribution is 0.0157. The zero-order chi connectivity index (χ0) is 22.9. The van der Waals surface area contributed by atoms with Crippen molar-refractivity contribution < 1.29 is 14.3 Å². The highest BCUT2D eigenvalue weighted by atomic mass is 127. The van der Waals surface area contributed by atoms with Gasteiger partial charge in [0.2, 0.25) is 5.43 Å². The standard InChI is InChI=1S/C23H30IN3O4/c1-23(2,3)31-22(30)26-10-6-7-15(12-26)13-27-14-18(21(29)25(4)5)20(28)17-11-16(24)8-9-19(17)27/h8-9,11,14-15H,6-7,10,12-13H2,1-5H3/t15-/m0/s1. The predicted octanol–water partition coefficient (Wildman–Crippen LogP) is 3.96. The van der Waals surface area contributed by atoms with Gasteiger partial charge in [0.15, 0.2) is 0 Å². The van der Waals surface area contributed by atoms with Crippen LogP contribution in [0.4, 0.5) is 4.79 Å². The molecule has 0 bridgehead atoms. The van der Waals surface area contributed by atoms with Crippen molar-refractivity contribution in [3.05, 3.63) is 43.8 Å². The number of carbonyl (C=O) groups excluding carboxylic acids is 2. The van der Waals surface area contributed by atoms with E-state index in [0.29, 0.717) is 25.0 Å². The minimum absolute atomic E-state index is 0.166. The Morgan fingerprint density at radius 1 is 1.26 bits per heavy atom. The van der Waals surface area contributed by atoms with Crippen molar-refractivity contribution in [2.45, 2.75) is 45.8 Å². The summed E-state index contributed by atoms with van der Waals surface area (Å²) in [5.74, 6) is -0.105. The molecule has 1 aliphatic heterocycles. The Kier molecular flexibility index (Phi) is 6.98. The van der Waals surface area contributed by atoms with Gasteiger partial charge in [-0.25, -0.2) is 4.79 Å². The van der Waals surface area contributed by atoms with Crippen LogP contribution < -0.4 is 5.43 Å². The topological polar surface area (TPSA) is 71.8 Å². The molecule has 1 aromatic heterocycles. The van der Waals surface area contributed by atoms with E-state index in [4.69, 9.17) is 4.74 Å². The molecule has 1 atom stereocenters. The number of pyridine rings is 1. The maximum Gasteiger partial charge on any atom is 0.410 e. The molecule has 168 valence electrons. The molecule has 2 aromatic rings. The normalized spacial score (nSPS) is 17.0. The molecular weight excluding hydrogens is 509 g/mol. The molecule has 1 aliphatic rings. The minimum Gasteiger partial charge on any atom is -0.444 e. The molecule has 0 spiro atoms. The Morgan fingerprint density at radius 2 is 1.97 bits per heavy atom. The third-order valence-electron chi connectivity index (χ3n) is 5.30. The second-order valence-electron chi connectivity index (χ2n) is 9.32. The van der Waals surface area contributed by atoms with Crippen molar-refractivity contribution in [2.24, 2.45) is 5.92 Å². The van der Waals surface area contributed by atoms with Crippen LogP contribution in [0, 0.1) is 9.49 Å². The van der Waals surface area contributed by atoms with Gasteiger partial charge in [-0.2, -0.15) is 0 Å². The Morgan fingerprint density at radius 3 is 2.61 bits per heavy atom. The Hall–Kier alpha value is -2.10. The highest BCUT2D eigenvalue weighted by Gasteiger charge is 2.28. The summed E-state index contributed by atoms with van der Waals surface area (Å²) in [5.41, 5.74) is 0.189. The molecule has 1 aromatic carbocycles. The predicted molar refractivity (Wildman–Crippen MR) is 129 cm³/mol. The summed E-state index contributed by atoms with van der Waals surface area (Å²) in [4.78, 5) is 41.4. The molecule has 0 unspecified atom stereocenters. The Labute approximate surface area is 196 Å². The largest absolute Gasteiger partial charge is 0.444 e. The van der Waals surface area contributed by atoms with Crippen LogP contribution in [0.1, 0.15) is 44.0 Å². The number of fused-ring (bicyclic) bond motifs is 1. The van der Waals surface area contributed by atoms with E-state index in [1.807, 2.05) is 43.5 Å². The minimum atomic E-state index is -0.530. The molecule has 1 fully saturated rings. The van der Waals surface area contributed by atoms with Crippen molar-refractivity contribution in [3.8, 4) is 0 Å². The fourth-order valence-electron chi connectivity index (χ4n) is 3.90. The van der Waals surface area contributed by atoms with Crippen LogP contribution in [0.3, 0.4) is 0 Å². The summed E-state index contributed by atoms with van der Waals surface area (Å²) < 4.78 is 8.47. The molecule has 7 nitrogen and oxygen atoms in total. The first-order valence-electron chi connectivity index (χ1n) is 10.5. The van der Waals surface area contributed by atoms with Gasteiger partial charge in [0, 0.05) is 48.9 Å². The van der Waals surface area contributed by atoms with Crippen LogP contribution in [0.5, 0.6) is 0 Å². The number of ether oxygens (including phenoxy) is 1. The average molecular weight is 539 g/mol. The fraction of sp³-hybridized carbons (Fsp3) is 0.522. The summed E-state index contributed by atoms with van der Waals surface area (Å²) in [7, 11) is 3.29. The van der Waals surface area contributed by atoms with Gasteiger partial charge in [0.25, 0.3) is 5.91 Å². The number of nitrogens with zero attached hydrogens (tertiary/aromatic N) is 3. The average Bonchev–Trinajstić information content (AvgIpc) is 2.68. The van der Waals surface area contributed by atoms with Gasteiger partial charge < -0.3 is 19.1 Å². The van der Waals surface area contributed by atoms with Gasteiger partial charge in [0.1, 0.15) is 11.2 Å². The zero-order valence-electron chi connectivity index (χ0n) is 18.8. The molecule has 1 saturated heterocycles. The van der Waals surface area contributed by atoms with Crippen LogP contribution in [0.2, 0.25) is 0 Å². The molecular formula is C23H30IN3O4. The maximum absolute atomic E-state index is 13.0. The fourth-order valence-corrected chi connectivity index (χ4v) is 4.39. The number of carbonyl (C=O) groups is 2. The van der Waals surface area contributed by atoms with E-state index in [1.165, 1.54) is 4.90 Å². The van der Waals surface area contributed by atoms with E-state index in [1.54, 1.807) is 25.2 Å². The van der Waals surface area contributed by atoms with E-state index >= 15 is 0 Å². The highest BCUT2D eigenvalue weighted by Crippen LogP contribution is 2.23. The molecule has 0 aliphatic carbocycles. The van der Waals surface area contributed by atoms with Gasteiger partial charge in [-0.3, -0.25) is 9.59 Å². The third-order valence-corrected chi connectivity index (χ3v) is 5.98. The summed E-state index contributed by atoms with van der Waals surface area (Å²) in [6.07, 6.45) is 3.24. The SMILES string of the molecule is CN(C)C(=O)c1cn(C[C@H]2CCCN(C(=O)OC(C)(C)C)C2)c2ccc(I)cc2c1=O. The van der Waals surface area contributed by atoms with Crippen LogP contribution in [0.15, 0.2) is 29.2 Å². The summed E-state index contributed by atoms with van der Waals surface area (Å²) >= 11 is 2.17. The van der Waals surface area contributed by atoms with Crippen LogP contribution in [-0.2, 0) is 11.3 Å². The second-order valence-corrected chi connectivity index (χ2v) is 10.6.